The lowest BCUT2D eigenvalue weighted by Gasteiger charge is -2.33. The Balaban J connectivity index is 1.20. The van der Waals surface area contributed by atoms with Gasteiger partial charge in [0.15, 0.2) is 0 Å². The van der Waals surface area contributed by atoms with E-state index in [2.05, 4.69) is 15.0 Å². The van der Waals surface area contributed by atoms with Crippen molar-refractivity contribution in [1.82, 2.24) is 29.3 Å². The van der Waals surface area contributed by atoms with Crippen molar-refractivity contribution in [2.24, 2.45) is 0 Å². The first-order chi connectivity index (χ1) is 18.1. The van der Waals surface area contributed by atoms with Gasteiger partial charge in [-0.1, -0.05) is 42.5 Å². The van der Waals surface area contributed by atoms with Crippen LogP contribution in [0.3, 0.4) is 0 Å². The van der Waals surface area contributed by atoms with Crippen LogP contribution in [0, 0.1) is 0 Å². The molecule has 0 spiro atoms. The van der Waals surface area contributed by atoms with Crippen LogP contribution in [0.1, 0.15) is 41.4 Å². The molecular formula is C28H30N6O3. The Bertz CT molecular complexity index is 1410. The third-order valence-corrected chi connectivity index (χ3v) is 6.98. The van der Waals surface area contributed by atoms with Gasteiger partial charge in [-0.2, -0.15) is 0 Å². The molecule has 0 bridgehead atoms. The molecule has 1 aliphatic heterocycles. The number of fused-ring (bicyclic) bond motifs is 1. The highest BCUT2D eigenvalue weighted by Crippen LogP contribution is 2.25. The van der Waals surface area contributed by atoms with Crippen LogP contribution in [-0.4, -0.2) is 67.3 Å². The van der Waals surface area contributed by atoms with E-state index in [1.807, 2.05) is 64.1 Å². The molecule has 2 amide bonds. The number of amides is 2. The summed E-state index contributed by atoms with van der Waals surface area (Å²) in [4.78, 5) is 53.4. The highest BCUT2D eigenvalue weighted by molar-refractivity contribution is 5.92. The van der Waals surface area contributed by atoms with Gasteiger partial charge in [-0.05, 0) is 37.0 Å². The first-order valence-electron chi connectivity index (χ1n) is 12.7. The van der Waals surface area contributed by atoms with E-state index in [-0.39, 0.29) is 35.7 Å². The monoisotopic (exact) mass is 498 g/mol. The molecule has 190 valence electrons. The smallest absolute Gasteiger partial charge is 0.326 e. The average Bonchev–Trinajstić information content (AvgIpc) is 3.29. The fourth-order valence-electron chi connectivity index (χ4n) is 4.99. The summed E-state index contributed by atoms with van der Waals surface area (Å²) >= 11 is 0. The molecule has 0 aliphatic carbocycles. The van der Waals surface area contributed by atoms with Crippen LogP contribution in [0.25, 0.3) is 11.0 Å². The quantitative estimate of drug-likeness (QED) is 0.402. The number of imidazole rings is 1. The molecule has 3 heterocycles. The van der Waals surface area contributed by atoms with Crippen molar-refractivity contribution in [2.75, 3.05) is 26.2 Å². The lowest BCUT2D eigenvalue weighted by Crippen LogP contribution is -2.42. The van der Waals surface area contributed by atoms with Crippen molar-refractivity contribution in [3.8, 4) is 0 Å². The lowest BCUT2D eigenvalue weighted by molar-refractivity contribution is -0.132. The second-order valence-electron chi connectivity index (χ2n) is 9.30. The molecule has 1 aliphatic rings. The number of para-hydroxylation sites is 2. The number of likely N-dealkylation sites (tertiary alicyclic amines) is 1. The summed E-state index contributed by atoms with van der Waals surface area (Å²) < 4.78 is 1.82. The summed E-state index contributed by atoms with van der Waals surface area (Å²) in [5, 5.41) is 0. The highest BCUT2D eigenvalue weighted by atomic mass is 16.2. The standard InChI is InChI=1S/C28H30N6O3/c35-26(32-17-11-22(12-18-32)34-25-9-5-4-8-23(25)31-28(34)37)13-19-33(16-10-21-6-2-1-3-7-21)27(36)24-20-29-14-15-30-24/h1-9,14-15,20,22H,10-13,16-19H2,(H,31,37). The maximum atomic E-state index is 13.1. The van der Waals surface area contributed by atoms with Crippen molar-refractivity contribution in [1.29, 1.82) is 0 Å². The van der Waals surface area contributed by atoms with Gasteiger partial charge < -0.3 is 14.8 Å². The summed E-state index contributed by atoms with van der Waals surface area (Å²) in [6.07, 6.45) is 6.83. The minimum atomic E-state index is -0.228. The SMILES string of the molecule is O=C(CCN(CCc1ccccc1)C(=O)c1cnccn1)N1CCC(n2c(=O)[nH]c3ccccc32)CC1. The maximum Gasteiger partial charge on any atom is 0.326 e. The second kappa shape index (κ2) is 11.2. The Hall–Kier alpha value is -4.27. The van der Waals surface area contributed by atoms with E-state index in [0.717, 1.165) is 16.6 Å². The first-order valence-corrected chi connectivity index (χ1v) is 12.7. The van der Waals surface area contributed by atoms with Gasteiger partial charge in [0, 0.05) is 51.0 Å². The molecule has 1 fully saturated rings. The molecule has 5 rings (SSSR count). The molecular weight excluding hydrogens is 468 g/mol. The normalized spacial score (nSPS) is 14.1. The number of piperidine rings is 1. The zero-order chi connectivity index (χ0) is 25.6. The molecule has 0 unspecified atom stereocenters. The van der Waals surface area contributed by atoms with Gasteiger partial charge in [0.2, 0.25) is 5.91 Å². The number of benzene rings is 2. The number of H-pyrrole nitrogens is 1. The molecule has 1 saturated heterocycles. The van der Waals surface area contributed by atoms with Crippen molar-refractivity contribution in [2.45, 2.75) is 31.7 Å². The number of carbonyl (C=O) groups excluding carboxylic acids is 2. The van der Waals surface area contributed by atoms with Gasteiger partial charge >= 0.3 is 5.69 Å². The largest absolute Gasteiger partial charge is 0.342 e. The van der Waals surface area contributed by atoms with E-state index in [9.17, 15) is 14.4 Å². The van der Waals surface area contributed by atoms with Gasteiger partial charge in [0.05, 0.1) is 17.2 Å². The van der Waals surface area contributed by atoms with E-state index in [1.54, 1.807) is 4.90 Å². The van der Waals surface area contributed by atoms with E-state index in [4.69, 9.17) is 0 Å². The predicted octanol–water partition coefficient (Wildman–Crippen LogP) is 3.06. The molecule has 0 atom stereocenters. The number of hydrogen-bond donors (Lipinski definition) is 1. The van der Waals surface area contributed by atoms with Crippen LogP contribution in [-0.2, 0) is 11.2 Å². The summed E-state index contributed by atoms with van der Waals surface area (Å²) in [6, 6.07) is 17.7. The third-order valence-electron chi connectivity index (χ3n) is 6.98. The Morgan fingerprint density at radius 3 is 2.49 bits per heavy atom. The van der Waals surface area contributed by atoms with Crippen molar-refractivity contribution < 1.29 is 9.59 Å². The van der Waals surface area contributed by atoms with E-state index < -0.39 is 0 Å². The predicted molar refractivity (Wildman–Crippen MR) is 140 cm³/mol. The number of hydrogen-bond acceptors (Lipinski definition) is 5. The zero-order valence-electron chi connectivity index (χ0n) is 20.6. The van der Waals surface area contributed by atoms with Crippen LogP contribution in [0.5, 0.6) is 0 Å². The summed E-state index contributed by atoms with van der Waals surface area (Å²) in [7, 11) is 0. The molecule has 1 N–H and O–H groups in total. The molecule has 0 radical (unpaired) electrons. The maximum absolute atomic E-state index is 13.1. The fourth-order valence-corrected chi connectivity index (χ4v) is 4.99. The number of aromatic nitrogens is 4. The van der Waals surface area contributed by atoms with Crippen LogP contribution in [0.15, 0.2) is 78.0 Å². The molecule has 37 heavy (non-hydrogen) atoms. The minimum Gasteiger partial charge on any atom is -0.342 e. The molecule has 9 nitrogen and oxygen atoms in total. The fraction of sp³-hybridized carbons (Fsp3) is 0.321. The van der Waals surface area contributed by atoms with Gasteiger partial charge in [-0.25, -0.2) is 9.78 Å². The Kier molecular flexibility index (Phi) is 7.39. The molecule has 0 saturated carbocycles. The van der Waals surface area contributed by atoms with Crippen molar-refractivity contribution in [3.63, 3.8) is 0 Å². The van der Waals surface area contributed by atoms with Crippen LogP contribution in [0.2, 0.25) is 0 Å². The van der Waals surface area contributed by atoms with Crippen LogP contribution < -0.4 is 5.69 Å². The molecule has 2 aromatic heterocycles. The number of nitrogens with one attached hydrogen (secondary N) is 1. The number of aromatic amines is 1. The second-order valence-corrected chi connectivity index (χ2v) is 9.30. The summed E-state index contributed by atoms with van der Waals surface area (Å²) in [6.45, 7) is 1.95. The summed E-state index contributed by atoms with van der Waals surface area (Å²) in [5.41, 5.74) is 3.01. The van der Waals surface area contributed by atoms with Gasteiger partial charge in [-0.15, -0.1) is 0 Å². The number of carbonyl (C=O) groups is 2. The van der Waals surface area contributed by atoms with Crippen molar-refractivity contribution >= 4 is 22.8 Å². The highest BCUT2D eigenvalue weighted by Gasteiger charge is 2.27. The third kappa shape index (κ3) is 5.61. The number of nitrogens with zero attached hydrogens (tertiary/aromatic N) is 5. The Labute approximate surface area is 214 Å². The van der Waals surface area contributed by atoms with E-state index in [1.165, 1.54) is 18.6 Å². The summed E-state index contributed by atoms with van der Waals surface area (Å²) in [5.74, 6) is -0.212. The van der Waals surface area contributed by atoms with Gasteiger partial charge in [-0.3, -0.25) is 19.1 Å². The average molecular weight is 499 g/mol. The Morgan fingerprint density at radius 1 is 0.973 bits per heavy atom. The molecule has 9 heteroatoms. The Morgan fingerprint density at radius 2 is 1.73 bits per heavy atom. The van der Waals surface area contributed by atoms with Crippen molar-refractivity contribution in [3.05, 3.63) is 94.9 Å². The van der Waals surface area contributed by atoms with Crippen LogP contribution >= 0.6 is 0 Å². The molecule has 4 aromatic rings. The van der Waals surface area contributed by atoms with Gasteiger partial charge in [0.1, 0.15) is 5.69 Å². The van der Waals surface area contributed by atoms with E-state index in [0.29, 0.717) is 45.4 Å². The lowest BCUT2D eigenvalue weighted by atomic mass is 10.0. The van der Waals surface area contributed by atoms with E-state index >= 15 is 0 Å². The van der Waals surface area contributed by atoms with Gasteiger partial charge in [0.25, 0.3) is 5.91 Å². The minimum absolute atomic E-state index is 0.0152. The topological polar surface area (TPSA) is 104 Å². The van der Waals surface area contributed by atoms with Crippen LogP contribution in [0.4, 0.5) is 0 Å². The number of rotatable bonds is 8. The molecule has 2 aromatic carbocycles. The zero-order valence-corrected chi connectivity index (χ0v) is 20.6. The first kappa shape index (κ1) is 24.4.